The Kier molecular flexibility index (Phi) is 8.88. The lowest BCUT2D eigenvalue weighted by Crippen LogP contribution is -2.43. The van der Waals surface area contributed by atoms with Gasteiger partial charge in [0, 0.05) is 5.92 Å². The van der Waals surface area contributed by atoms with Gasteiger partial charge in [0.05, 0.1) is 16.3 Å². The molecule has 0 spiro atoms. The maximum absolute atomic E-state index is 13.0. The van der Waals surface area contributed by atoms with Crippen molar-refractivity contribution in [2.45, 2.75) is 64.8 Å². The Morgan fingerprint density at radius 3 is 2.59 bits per heavy atom. The van der Waals surface area contributed by atoms with Gasteiger partial charge in [-0.15, -0.1) is 11.3 Å². The number of fused-ring (bicyclic) bond motifs is 1. The zero-order valence-corrected chi connectivity index (χ0v) is 17.2. The first-order valence-corrected chi connectivity index (χ1v) is 10.9. The van der Waals surface area contributed by atoms with Crippen LogP contribution in [0.5, 0.6) is 0 Å². The van der Waals surface area contributed by atoms with E-state index in [1.165, 1.54) is 11.3 Å². The van der Waals surface area contributed by atoms with Crippen LogP contribution in [0.15, 0.2) is 24.3 Å². The average Bonchev–Trinajstić information content (AvgIpc) is 3.38. The molecule has 1 fully saturated rings. The number of ketones is 1. The number of carbonyl (C=O) groups excluding carboxylic acids is 2. The fourth-order valence-corrected chi connectivity index (χ4v) is 4.33. The Bertz CT molecular complexity index is 705. The summed E-state index contributed by atoms with van der Waals surface area (Å²) in [6.45, 7) is 4.60. The van der Waals surface area contributed by atoms with E-state index < -0.39 is 6.04 Å². The molecule has 148 valence electrons. The highest BCUT2D eigenvalue weighted by Gasteiger charge is 2.29. The summed E-state index contributed by atoms with van der Waals surface area (Å²) in [5, 5.41) is 3.48. The molecule has 1 unspecified atom stereocenters. The zero-order valence-electron chi connectivity index (χ0n) is 16.4. The number of unbranched alkanes of at least 4 members (excludes halogenated alkanes) is 1. The first-order valence-electron chi connectivity index (χ1n) is 10.1. The minimum atomic E-state index is -0.500. The van der Waals surface area contributed by atoms with E-state index in [1.54, 1.807) is 0 Å². The highest BCUT2D eigenvalue weighted by atomic mass is 32.1. The second kappa shape index (κ2) is 11.1. The van der Waals surface area contributed by atoms with Crippen molar-refractivity contribution in [1.82, 2.24) is 10.3 Å². The standard InChI is InChI=1S/C19H25N3O2S.C2H6/c20-12-6-5-10-15(21-18(24)13-7-1-2-8-13)17(23)19-22-14-9-3-4-11-16(14)25-19;1-2/h3-4,9,11,13,15H,1-2,5-8,10,12,20H2,(H,21,24);1-2H3. The van der Waals surface area contributed by atoms with E-state index in [2.05, 4.69) is 10.3 Å². The second-order valence-electron chi connectivity index (χ2n) is 6.68. The molecule has 6 heteroatoms. The predicted molar refractivity (Wildman–Crippen MR) is 112 cm³/mol. The summed E-state index contributed by atoms with van der Waals surface area (Å²) in [5.74, 6) is -0.00514. The van der Waals surface area contributed by atoms with Gasteiger partial charge in [0.15, 0.2) is 5.01 Å². The monoisotopic (exact) mass is 389 g/mol. The molecule has 0 aliphatic heterocycles. The second-order valence-corrected chi connectivity index (χ2v) is 7.71. The Morgan fingerprint density at radius 2 is 1.93 bits per heavy atom. The molecule has 1 aliphatic carbocycles. The van der Waals surface area contributed by atoms with E-state index in [9.17, 15) is 9.59 Å². The molecule has 3 N–H and O–H groups in total. The van der Waals surface area contributed by atoms with Crippen LogP contribution >= 0.6 is 11.3 Å². The molecule has 1 saturated carbocycles. The van der Waals surface area contributed by atoms with Crippen LogP contribution in [0.2, 0.25) is 0 Å². The topological polar surface area (TPSA) is 85.1 Å². The molecule has 1 aromatic heterocycles. The molecule has 0 saturated heterocycles. The molecule has 1 aliphatic rings. The van der Waals surface area contributed by atoms with Gasteiger partial charge in [-0.3, -0.25) is 9.59 Å². The molecular weight excluding hydrogens is 358 g/mol. The van der Waals surface area contributed by atoms with Crippen molar-refractivity contribution >= 4 is 33.2 Å². The number of nitrogens with one attached hydrogen (secondary N) is 1. The smallest absolute Gasteiger partial charge is 0.223 e. The average molecular weight is 390 g/mol. The third kappa shape index (κ3) is 5.84. The minimum Gasteiger partial charge on any atom is -0.346 e. The molecule has 1 aromatic carbocycles. The number of hydrogen-bond acceptors (Lipinski definition) is 5. The van der Waals surface area contributed by atoms with Crippen molar-refractivity contribution in [3.63, 3.8) is 0 Å². The molecule has 0 bridgehead atoms. The number of thiazole rings is 1. The lowest BCUT2D eigenvalue weighted by molar-refractivity contribution is -0.125. The van der Waals surface area contributed by atoms with Gasteiger partial charge in [-0.25, -0.2) is 4.98 Å². The molecular formula is C21H31N3O2S. The van der Waals surface area contributed by atoms with Crippen molar-refractivity contribution in [3.8, 4) is 0 Å². The molecule has 1 heterocycles. The van der Waals surface area contributed by atoms with Crippen LogP contribution in [-0.4, -0.2) is 29.3 Å². The minimum absolute atomic E-state index is 0.0182. The van der Waals surface area contributed by atoms with Gasteiger partial charge in [-0.2, -0.15) is 0 Å². The van der Waals surface area contributed by atoms with Crippen LogP contribution in [0.3, 0.4) is 0 Å². The van der Waals surface area contributed by atoms with Gasteiger partial charge >= 0.3 is 0 Å². The van der Waals surface area contributed by atoms with Crippen LogP contribution in [0.4, 0.5) is 0 Å². The van der Waals surface area contributed by atoms with E-state index in [1.807, 2.05) is 38.1 Å². The third-order valence-electron chi connectivity index (χ3n) is 4.81. The Hall–Kier alpha value is -1.79. The van der Waals surface area contributed by atoms with Gasteiger partial charge in [-0.05, 0) is 50.8 Å². The summed E-state index contributed by atoms with van der Waals surface area (Å²) in [5.41, 5.74) is 6.40. The predicted octanol–water partition coefficient (Wildman–Crippen LogP) is 4.31. The highest BCUT2D eigenvalue weighted by molar-refractivity contribution is 7.20. The van der Waals surface area contributed by atoms with Crippen LogP contribution in [0, 0.1) is 5.92 Å². The number of nitrogens with zero attached hydrogens (tertiary/aromatic N) is 1. The highest BCUT2D eigenvalue weighted by Crippen LogP contribution is 2.26. The molecule has 1 amide bonds. The molecule has 2 aromatic rings. The number of rotatable bonds is 8. The number of nitrogens with two attached hydrogens (primary N) is 1. The Morgan fingerprint density at radius 1 is 1.22 bits per heavy atom. The normalized spacial score (nSPS) is 15.2. The largest absolute Gasteiger partial charge is 0.346 e. The number of para-hydroxylation sites is 1. The van der Waals surface area contributed by atoms with Gasteiger partial charge in [0.2, 0.25) is 11.7 Å². The number of Topliss-reactive ketones (excluding diaryl/α,β-unsaturated/α-hetero) is 1. The van der Waals surface area contributed by atoms with Gasteiger partial charge < -0.3 is 11.1 Å². The summed E-state index contributed by atoms with van der Waals surface area (Å²) < 4.78 is 0.994. The number of aromatic nitrogens is 1. The fraction of sp³-hybridized carbons (Fsp3) is 0.571. The summed E-state index contributed by atoms with van der Waals surface area (Å²) in [6, 6.07) is 7.22. The van der Waals surface area contributed by atoms with E-state index >= 15 is 0 Å². The summed E-state index contributed by atoms with van der Waals surface area (Å²) in [4.78, 5) is 29.9. The maximum atomic E-state index is 13.0. The van der Waals surface area contributed by atoms with Gasteiger partial charge in [0.1, 0.15) is 0 Å². The van der Waals surface area contributed by atoms with Crippen LogP contribution in [0.1, 0.15) is 68.6 Å². The zero-order chi connectivity index (χ0) is 19.6. The Balaban J connectivity index is 0.00000126. The fourth-order valence-electron chi connectivity index (χ4n) is 3.37. The lowest BCUT2D eigenvalue weighted by atomic mass is 10.0. The summed E-state index contributed by atoms with van der Waals surface area (Å²) >= 11 is 1.40. The van der Waals surface area contributed by atoms with Crippen molar-refractivity contribution in [3.05, 3.63) is 29.3 Å². The lowest BCUT2D eigenvalue weighted by Gasteiger charge is -2.19. The molecule has 1 atom stereocenters. The van der Waals surface area contributed by atoms with E-state index in [0.29, 0.717) is 18.0 Å². The summed E-state index contributed by atoms with van der Waals surface area (Å²) in [7, 11) is 0. The number of carbonyl (C=O) groups is 2. The number of benzene rings is 1. The molecule has 3 rings (SSSR count). The van der Waals surface area contributed by atoms with Crippen molar-refractivity contribution in [2.75, 3.05) is 6.54 Å². The van der Waals surface area contributed by atoms with E-state index in [-0.39, 0.29) is 17.6 Å². The quantitative estimate of drug-likeness (QED) is 0.520. The number of hydrogen-bond donors (Lipinski definition) is 2. The molecule has 5 nitrogen and oxygen atoms in total. The Labute approximate surface area is 165 Å². The maximum Gasteiger partial charge on any atom is 0.223 e. The van der Waals surface area contributed by atoms with Crippen molar-refractivity contribution < 1.29 is 9.59 Å². The van der Waals surface area contributed by atoms with Crippen LogP contribution in [0.25, 0.3) is 10.2 Å². The molecule has 27 heavy (non-hydrogen) atoms. The molecule has 0 radical (unpaired) electrons. The first kappa shape index (κ1) is 21.5. The van der Waals surface area contributed by atoms with E-state index in [4.69, 9.17) is 5.73 Å². The third-order valence-corrected chi connectivity index (χ3v) is 5.86. The first-order chi connectivity index (χ1) is 13.2. The number of amides is 1. The van der Waals surface area contributed by atoms with Crippen LogP contribution < -0.4 is 11.1 Å². The van der Waals surface area contributed by atoms with Gasteiger partial charge in [0.25, 0.3) is 0 Å². The van der Waals surface area contributed by atoms with Crippen molar-refractivity contribution in [2.24, 2.45) is 11.7 Å². The van der Waals surface area contributed by atoms with Crippen molar-refractivity contribution in [1.29, 1.82) is 0 Å². The van der Waals surface area contributed by atoms with E-state index in [0.717, 1.165) is 48.7 Å². The summed E-state index contributed by atoms with van der Waals surface area (Å²) in [6.07, 6.45) is 6.34. The van der Waals surface area contributed by atoms with Gasteiger partial charge in [-0.1, -0.05) is 38.8 Å². The SMILES string of the molecule is CC.NCCCCC(NC(=O)C1CCCC1)C(=O)c1nc2ccccc2s1. The van der Waals surface area contributed by atoms with Crippen LogP contribution in [-0.2, 0) is 4.79 Å².